The Morgan fingerprint density at radius 3 is 2.89 bits per heavy atom. The third kappa shape index (κ3) is 4.26. The average Bonchev–Trinajstić information content (AvgIpc) is 2.97. The molecule has 1 aliphatic heterocycles. The molecule has 0 unspecified atom stereocenters. The summed E-state index contributed by atoms with van der Waals surface area (Å²) < 4.78 is 10.4. The fraction of sp³-hybridized carbons (Fsp3) is 0.556. The standard InChI is InChI=1S/C18H24N6O4/c1-11-7-13(28-23-11)8-16(25)19-14-9-15(22-21-14)24-6-3-12(24)10-27-17(26)20-18(2)4-5-18/h7,9,12H,3-6,8,10H2,1-2H3,(H,20,26)(H2,19,21,22,25)/t12-/m0/s1. The van der Waals surface area contributed by atoms with Gasteiger partial charge in [0.25, 0.3) is 0 Å². The van der Waals surface area contributed by atoms with Gasteiger partial charge in [-0.05, 0) is 33.1 Å². The van der Waals surface area contributed by atoms with E-state index in [0.29, 0.717) is 24.0 Å². The third-order valence-corrected chi connectivity index (χ3v) is 5.10. The highest BCUT2D eigenvalue weighted by molar-refractivity contribution is 5.91. The zero-order chi connectivity index (χ0) is 19.7. The summed E-state index contributed by atoms with van der Waals surface area (Å²) >= 11 is 0. The Kier molecular flexibility index (Phi) is 4.70. The van der Waals surface area contributed by atoms with E-state index in [1.54, 1.807) is 19.1 Å². The largest absolute Gasteiger partial charge is 0.447 e. The maximum Gasteiger partial charge on any atom is 0.407 e. The number of hydrogen-bond donors (Lipinski definition) is 3. The molecule has 1 saturated heterocycles. The third-order valence-electron chi connectivity index (χ3n) is 5.10. The lowest BCUT2D eigenvalue weighted by atomic mass is 10.0. The normalized spacial score (nSPS) is 19.6. The van der Waals surface area contributed by atoms with Crippen LogP contribution in [0.15, 0.2) is 16.7 Å². The summed E-state index contributed by atoms with van der Waals surface area (Å²) in [5.74, 6) is 1.50. The van der Waals surface area contributed by atoms with Crippen LogP contribution < -0.4 is 15.5 Å². The molecule has 1 saturated carbocycles. The van der Waals surface area contributed by atoms with E-state index in [9.17, 15) is 9.59 Å². The maximum atomic E-state index is 12.1. The van der Waals surface area contributed by atoms with Crippen LogP contribution in [0, 0.1) is 6.92 Å². The van der Waals surface area contributed by atoms with Crippen molar-refractivity contribution in [2.75, 3.05) is 23.4 Å². The lowest BCUT2D eigenvalue weighted by Gasteiger charge is -2.40. The second-order valence-corrected chi connectivity index (χ2v) is 7.72. The number of rotatable bonds is 7. The minimum absolute atomic E-state index is 0.0850. The van der Waals surface area contributed by atoms with Gasteiger partial charge >= 0.3 is 6.09 Å². The summed E-state index contributed by atoms with van der Waals surface area (Å²) in [4.78, 5) is 26.0. The van der Waals surface area contributed by atoms with Crippen LogP contribution >= 0.6 is 0 Å². The molecule has 28 heavy (non-hydrogen) atoms. The highest BCUT2D eigenvalue weighted by Gasteiger charge is 2.39. The van der Waals surface area contributed by atoms with E-state index in [1.165, 1.54) is 0 Å². The molecule has 0 spiro atoms. The smallest absolute Gasteiger partial charge is 0.407 e. The Morgan fingerprint density at radius 2 is 2.25 bits per heavy atom. The second-order valence-electron chi connectivity index (χ2n) is 7.72. The zero-order valence-corrected chi connectivity index (χ0v) is 15.9. The van der Waals surface area contributed by atoms with Gasteiger partial charge in [-0.2, -0.15) is 5.10 Å². The number of H-pyrrole nitrogens is 1. The van der Waals surface area contributed by atoms with Crippen molar-refractivity contribution in [3.63, 3.8) is 0 Å². The number of aromatic nitrogens is 3. The van der Waals surface area contributed by atoms with Gasteiger partial charge in [0.05, 0.1) is 18.2 Å². The quantitative estimate of drug-likeness (QED) is 0.660. The average molecular weight is 388 g/mol. The van der Waals surface area contributed by atoms with E-state index in [1.807, 2.05) is 11.8 Å². The monoisotopic (exact) mass is 388 g/mol. The summed E-state index contributed by atoms with van der Waals surface area (Å²) in [6.45, 7) is 4.94. The number of anilines is 2. The van der Waals surface area contributed by atoms with Crippen LogP contribution in [0.4, 0.5) is 16.4 Å². The van der Waals surface area contributed by atoms with Crippen LogP contribution in [0.25, 0.3) is 0 Å². The second kappa shape index (κ2) is 7.17. The van der Waals surface area contributed by atoms with Crippen LogP contribution in [0.2, 0.25) is 0 Å². The van der Waals surface area contributed by atoms with E-state index in [0.717, 1.165) is 31.5 Å². The molecule has 3 heterocycles. The summed E-state index contributed by atoms with van der Waals surface area (Å²) in [5.41, 5.74) is 0.647. The molecule has 3 N–H and O–H groups in total. The van der Waals surface area contributed by atoms with Crippen molar-refractivity contribution in [2.45, 2.75) is 51.1 Å². The molecule has 4 rings (SSSR count). The van der Waals surface area contributed by atoms with Crippen molar-refractivity contribution in [1.82, 2.24) is 20.7 Å². The van der Waals surface area contributed by atoms with Crippen LogP contribution in [-0.2, 0) is 16.0 Å². The first-order valence-corrected chi connectivity index (χ1v) is 9.39. The molecule has 2 amide bonds. The number of alkyl carbamates (subject to hydrolysis) is 1. The predicted molar refractivity (Wildman–Crippen MR) is 100 cm³/mol. The first kappa shape index (κ1) is 18.3. The Labute approximate surface area is 162 Å². The first-order chi connectivity index (χ1) is 13.4. The van der Waals surface area contributed by atoms with Crippen molar-refractivity contribution < 1.29 is 18.8 Å². The number of ether oxygens (including phenoxy) is 1. The van der Waals surface area contributed by atoms with E-state index >= 15 is 0 Å². The van der Waals surface area contributed by atoms with Gasteiger partial charge in [-0.15, -0.1) is 0 Å². The fourth-order valence-electron chi connectivity index (χ4n) is 3.06. The Bertz CT molecular complexity index is 871. The van der Waals surface area contributed by atoms with Gasteiger partial charge in [0, 0.05) is 24.2 Å². The SMILES string of the molecule is Cc1cc(CC(=O)Nc2cc(N3CC[C@H]3COC(=O)NC3(C)CC3)n[nH]2)on1. The number of carbonyl (C=O) groups is 2. The lowest BCUT2D eigenvalue weighted by molar-refractivity contribution is -0.115. The van der Waals surface area contributed by atoms with Crippen molar-refractivity contribution in [2.24, 2.45) is 0 Å². The van der Waals surface area contributed by atoms with Gasteiger partial charge in [-0.25, -0.2) is 4.79 Å². The molecule has 1 atom stereocenters. The molecule has 0 radical (unpaired) electrons. The first-order valence-electron chi connectivity index (χ1n) is 9.39. The molecule has 2 aromatic rings. The highest BCUT2D eigenvalue weighted by Crippen LogP contribution is 2.34. The summed E-state index contributed by atoms with van der Waals surface area (Å²) in [6.07, 6.45) is 2.64. The highest BCUT2D eigenvalue weighted by atomic mass is 16.5. The summed E-state index contributed by atoms with van der Waals surface area (Å²) in [7, 11) is 0. The van der Waals surface area contributed by atoms with Crippen LogP contribution in [-0.4, -0.2) is 52.1 Å². The van der Waals surface area contributed by atoms with Crippen molar-refractivity contribution in [3.8, 4) is 0 Å². The number of carbonyl (C=O) groups excluding carboxylic acids is 2. The van der Waals surface area contributed by atoms with E-state index < -0.39 is 0 Å². The Hall–Kier alpha value is -3.04. The molecule has 10 heteroatoms. The predicted octanol–water partition coefficient (Wildman–Crippen LogP) is 1.74. The van der Waals surface area contributed by atoms with Crippen molar-refractivity contribution in [1.29, 1.82) is 0 Å². The minimum Gasteiger partial charge on any atom is -0.447 e. The van der Waals surface area contributed by atoms with Gasteiger partial charge in [0.15, 0.2) is 5.82 Å². The molecule has 10 nitrogen and oxygen atoms in total. The number of nitrogens with zero attached hydrogens (tertiary/aromatic N) is 3. The van der Waals surface area contributed by atoms with Gasteiger partial charge in [-0.1, -0.05) is 5.16 Å². The van der Waals surface area contributed by atoms with Crippen LogP contribution in [0.1, 0.15) is 37.6 Å². The minimum atomic E-state index is -0.371. The number of aryl methyl sites for hydroxylation is 1. The number of aromatic amines is 1. The van der Waals surface area contributed by atoms with Gasteiger partial charge in [-0.3, -0.25) is 9.89 Å². The number of nitrogens with one attached hydrogen (secondary N) is 3. The summed E-state index contributed by atoms with van der Waals surface area (Å²) in [5, 5.41) is 16.4. The molecule has 0 bridgehead atoms. The van der Waals surface area contributed by atoms with Crippen molar-refractivity contribution >= 4 is 23.6 Å². The van der Waals surface area contributed by atoms with Crippen molar-refractivity contribution in [3.05, 3.63) is 23.6 Å². The van der Waals surface area contributed by atoms with Gasteiger partial charge in [0.2, 0.25) is 5.91 Å². The summed E-state index contributed by atoms with van der Waals surface area (Å²) in [6, 6.07) is 3.57. The van der Waals surface area contributed by atoms with Gasteiger partial charge in [0.1, 0.15) is 18.2 Å². The van der Waals surface area contributed by atoms with Crippen LogP contribution in [0.5, 0.6) is 0 Å². The van der Waals surface area contributed by atoms with E-state index in [4.69, 9.17) is 9.26 Å². The molecule has 2 aliphatic rings. The molecule has 0 aromatic carbocycles. The maximum absolute atomic E-state index is 12.1. The van der Waals surface area contributed by atoms with Crippen LogP contribution in [0.3, 0.4) is 0 Å². The lowest BCUT2D eigenvalue weighted by Crippen LogP contribution is -2.51. The van der Waals surface area contributed by atoms with E-state index in [2.05, 4.69) is 26.0 Å². The Morgan fingerprint density at radius 1 is 1.43 bits per heavy atom. The fourth-order valence-corrected chi connectivity index (χ4v) is 3.06. The molecule has 1 aliphatic carbocycles. The molecular formula is C18H24N6O4. The zero-order valence-electron chi connectivity index (χ0n) is 15.9. The van der Waals surface area contributed by atoms with E-state index in [-0.39, 0.29) is 30.0 Å². The van der Waals surface area contributed by atoms with Gasteiger partial charge < -0.3 is 24.8 Å². The Balaban J connectivity index is 1.25. The topological polar surface area (TPSA) is 125 Å². The number of hydrogen-bond acceptors (Lipinski definition) is 7. The molecule has 2 fully saturated rings. The molecule has 150 valence electrons. The number of amides is 2. The molecule has 2 aromatic heterocycles. The molecular weight excluding hydrogens is 364 g/mol.